The maximum atomic E-state index is 9.84. The first-order valence-electron chi connectivity index (χ1n) is 18.2. The Kier molecular flexibility index (Phi) is 9.18. The first kappa shape index (κ1) is 33.9. The molecule has 0 aliphatic rings. The van der Waals surface area contributed by atoms with Crippen molar-refractivity contribution in [2.75, 3.05) is 0 Å². The molecule has 0 unspecified atom stereocenters. The van der Waals surface area contributed by atoms with Gasteiger partial charge in [0.25, 0.3) is 0 Å². The Hall–Kier alpha value is -7.95. The van der Waals surface area contributed by atoms with E-state index < -0.39 is 0 Å². The summed E-state index contributed by atoms with van der Waals surface area (Å²) in [7, 11) is 0. The molecule has 0 radical (unpaired) electrons. The molecule has 2 aromatic heterocycles. The van der Waals surface area contributed by atoms with Gasteiger partial charge in [0.2, 0.25) is 0 Å². The number of rotatable bonds is 8. The highest BCUT2D eigenvalue weighted by atomic mass is 15.0. The van der Waals surface area contributed by atoms with Crippen LogP contribution in [0.2, 0.25) is 0 Å². The van der Waals surface area contributed by atoms with E-state index in [0.29, 0.717) is 40.5 Å². The van der Waals surface area contributed by atoms with E-state index in [1.54, 1.807) is 0 Å². The van der Waals surface area contributed by atoms with Crippen molar-refractivity contribution in [2.24, 2.45) is 0 Å². The molecule has 0 N–H and O–H groups in total. The maximum absolute atomic E-state index is 9.84. The molecule has 0 saturated carbocycles. The predicted octanol–water partition coefficient (Wildman–Crippen LogP) is 11.3. The van der Waals surface area contributed by atoms with Gasteiger partial charge in [-0.1, -0.05) is 176 Å². The summed E-state index contributed by atoms with van der Waals surface area (Å²) in [5.74, 6) is 3.32. The van der Waals surface area contributed by atoms with Crippen molar-refractivity contribution in [2.45, 2.75) is 0 Å². The zero-order valence-corrected chi connectivity index (χ0v) is 30.0. The third-order valence-electron chi connectivity index (χ3n) is 9.47. The fourth-order valence-corrected chi connectivity index (χ4v) is 6.75. The van der Waals surface area contributed by atoms with E-state index in [1.807, 2.05) is 176 Å². The van der Waals surface area contributed by atoms with Crippen molar-refractivity contribution in [1.82, 2.24) is 29.9 Å². The zero-order chi connectivity index (χ0) is 37.7. The van der Waals surface area contributed by atoms with Gasteiger partial charge in [-0.15, -0.1) is 0 Å². The minimum Gasteiger partial charge on any atom is -0.208 e. The molecule has 0 aliphatic heterocycles. The summed E-state index contributed by atoms with van der Waals surface area (Å²) in [5.41, 5.74) is 9.34. The van der Waals surface area contributed by atoms with Crippen LogP contribution in [-0.2, 0) is 0 Å². The summed E-state index contributed by atoms with van der Waals surface area (Å²) in [4.78, 5) is 30.3. The second-order valence-electron chi connectivity index (χ2n) is 13.0. The fourth-order valence-electron chi connectivity index (χ4n) is 6.75. The van der Waals surface area contributed by atoms with Crippen LogP contribution in [0.15, 0.2) is 188 Å². The van der Waals surface area contributed by atoms with Crippen LogP contribution in [0.1, 0.15) is 5.56 Å². The van der Waals surface area contributed by atoms with Gasteiger partial charge in [0.1, 0.15) is 0 Å². The third-order valence-corrected chi connectivity index (χ3v) is 9.47. The molecule has 7 aromatic carbocycles. The van der Waals surface area contributed by atoms with Gasteiger partial charge in [-0.2, -0.15) is 5.26 Å². The molecule has 0 saturated heterocycles. The topological polar surface area (TPSA) is 101 Å². The average molecular weight is 718 g/mol. The molecule has 262 valence electrons. The minimum absolute atomic E-state index is 0.519. The Morgan fingerprint density at radius 1 is 0.268 bits per heavy atom. The largest absolute Gasteiger partial charge is 0.208 e. The van der Waals surface area contributed by atoms with Gasteiger partial charge in [-0.25, -0.2) is 29.9 Å². The fraction of sp³-hybridized carbons (Fsp3) is 0. The van der Waals surface area contributed by atoms with Gasteiger partial charge in [0.15, 0.2) is 34.9 Å². The lowest BCUT2D eigenvalue weighted by Crippen LogP contribution is -2.02. The molecule has 0 amide bonds. The van der Waals surface area contributed by atoms with Gasteiger partial charge < -0.3 is 0 Å². The van der Waals surface area contributed by atoms with Crippen molar-refractivity contribution in [3.63, 3.8) is 0 Å². The molecule has 0 aliphatic carbocycles. The van der Waals surface area contributed by atoms with Gasteiger partial charge in [0.05, 0.1) is 11.6 Å². The smallest absolute Gasteiger partial charge is 0.164 e. The summed E-state index contributed by atoms with van der Waals surface area (Å²) < 4.78 is 0. The lowest BCUT2D eigenvalue weighted by atomic mass is 9.94. The average Bonchev–Trinajstić information content (AvgIpc) is 3.29. The van der Waals surface area contributed by atoms with E-state index in [9.17, 15) is 5.26 Å². The number of benzene rings is 7. The Morgan fingerprint density at radius 3 is 1.04 bits per heavy atom. The van der Waals surface area contributed by atoms with Crippen molar-refractivity contribution in [3.8, 4) is 96.7 Å². The van der Waals surface area contributed by atoms with E-state index in [0.717, 1.165) is 55.6 Å². The minimum atomic E-state index is 0.519. The Labute approximate surface area is 324 Å². The molecule has 7 heteroatoms. The van der Waals surface area contributed by atoms with Crippen molar-refractivity contribution >= 4 is 0 Å². The second-order valence-corrected chi connectivity index (χ2v) is 13.0. The van der Waals surface area contributed by atoms with Gasteiger partial charge in [0, 0.05) is 33.4 Å². The summed E-state index contributed by atoms with van der Waals surface area (Å²) in [6.07, 6.45) is 0. The van der Waals surface area contributed by atoms with E-state index in [1.165, 1.54) is 0 Å². The Morgan fingerprint density at radius 2 is 0.589 bits per heavy atom. The SMILES string of the molecule is N#Cc1ccccc1-c1cccc(-c2nc(-c3ccccc3)nc(-c3ccccc3-c3ccccc3-c3nc(-c4ccccc4)nc(-c4ccccc4)n3)n2)c1. The molecule has 56 heavy (non-hydrogen) atoms. The first-order chi connectivity index (χ1) is 27.7. The van der Waals surface area contributed by atoms with Crippen LogP contribution in [0.4, 0.5) is 0 Å². The standard InChI is InChI=1S/C49H31N7/c50-32-38-23-10-11-26-39(38)36-24-16-25-37(31-36)47-52-46(35-21-8-3-9-22-35)55-49(56-47)43-30-15-13-28-41(43)40-27-12-14-29-42(40)48-53-44(33-17-4-1-5-18-33)51-45(54-48)34-19-6-2-7-20-34/h1-31H. The van der Waals surface area contributed by atoms with Gasteiger partial charge >= 0.3 is 0 Å². The lowest BCUT2D eigenvalue weighted by Gasteiger charge is -2.15. The van der Waals surface area contributed by atoms with Crippen molar-refractivity contribution < 1.29 is 0 Å². The molecule has 0 bridgehead atoms. The molecular formula is C49H31N7. The first-order valence-corrected chi connectivity index (χ1v) is 18.2. The molecule has 0 spiro atoms. The highest BCUT2D eigenvalue weighted by molar-refractivity contribution is 5.90. The molecule has 9 rings (SSSR count). The predicted molar refractivity (Wildman–Crippen MR) is 221 cm³/mol. The zero-order valence-electron chi connectivity index (χ0n) is 30.0. The van der Waals surface area contributed by atoms with E-state index >= 15 is 0 Å². The molecule has 2 heterocycles. The number of nitrogens with zero attached hydrogens (tertiary/aromatic N) is 7. The highest BCUT2D eigenvalue weighted by Crippen LogP contribution is 2.38. The van der Waals surface area contributed by atoms with Crippen molar-refractivity contribution in [3.05, 3.63) is 194 Å². The quantitative estimate of drug-likeness (QED) is 0.154. The van der Waals surface area contributed by atoms with Crippen LogP contribution in [0.5, 0.6) is 0 Å². The lowest BCUT2D eigenvalue weighted by molar-refractivity contribution is 1.07. The van der Waals surface area contributed by atoms with E-state index in [-0.39, 0.29) is 0 Å². The summed E-state index contributed by atoms with van der Waals surface area (Å²) >= 11 is 0. The van der Waals surface area contributed by atoms with Gasteiger partial charge in [-0.3, -0.25) is 0 Å². The molecule has 9 aromatic rings. The third kappa shape index (κ3) is 6.82. The Bertz CT molecular complexity index is 2810. The number of hydrogen-bond acceptors (Lipinski definition) is 7. The normalized spacial score (nSPS) is 10.8. The molecule has 0 atom stereocenters. The van der Waals surface area contributed by atoms with Crippen LogP contribution >= 0.6 is 0 Å². The summed E-state index contributed by atoms with van der Waals surface area (Å²) in [6, 6.07) is 64.1. The van der Waals surface area contributed by atoms with Crippen LogP contribution in [0.25, 0.3) is 90.6 Å². The number of aromatic nitrogens is 6. The van der Waals surface area contributed by atoms with Crippen LogP contribution < -0.4 is 0 Å². The highest BCUT2D eigenvalue weighted by Gasteiger charge is 2.20. The van der Waals surface area contributed by atoms with Crippen LogP contribution in [0.3, 0.4) is 0 Å². The monoisotopic (exact) mass is 717 g/mol. The van der Waals surface area contributed by atoms with E-state index in [2.05, 4.69) is 18.2 Å². The summed E-state index contributed by atoms with van der Waals surface area (Å²) in [6.45, 7) is 0. The summed E-state index contributed by atoms with van der Waals surface area (Å²) in [5, 5.41) is 9.84. The van der Waals surface area contributed by atoms with Crippen molar-refractivity contribution in [1.29, 1.82) is 5.26 Å². The van der Waals surface area contributed by atoms with Crippen LogP contribution in [0, 0.1) is 11.3 Å². The molecule has 0 fully saturated rings. The number of nitriles is 1. The van der Waals surface area contributed by atoms with E-state index in [4.69, 9.17) is 29.9 Å². The second kappa shape index (κ2) is 15.2. The molecule has 7 nitrogen and oxygen atoms in total. The number of hydrogen-bond donors (Lipinski definition) is 0. The molecular weight excluding hydrogens is 687 g/mol. The maximum Gasteiger partial charge on any atom is 0.164 e. The Balaban J connectivity index is 1.22. The van der Waals surface area contributed by atoms with Gasteiger partial charge in [-0.05, 0) is 34.4 Å². The van der Waals surface area contributed by atoms with Crippen LogP contribution in [-0.4, -0.2) is 29.9 Å².